The standard InChI is InChI=1S/C25H28F3N7O/c1-12(2)34(13(3)4)25(36)19-10-18-22(32-15(6)33-24(18)35-23(19)29-11-30-35)31-14(5)16-8-7-9-17(20(16)26)21(27)28/h7-14,21H,1-6H3,(H,31,32,33)/t14-/m1/s1. The molecule has 0 radical (unpaired) electrons. The van der Waals surface area contributed by atoms with Crippen molar-refractivity contribution < 1.29 is 18.0 Å². The number of nitrogens with one attached hydrogen (secondary N) is 1. The number of pyridine rings is 1. The van der Waals surface area contributed by atoms with E-state index in [1.165, 1.54) is 23.0 Å². The fourth-order valence-corrected chi connectivity index (χ4v) is 4.48. The SMILES string of the molecule is Cc1nc(N[C@H](C)c2cccc(C(F)F)c2F)c2cc(C(=O)N(C(C)C)C(C)C)c3ncnn3c2n1. The Kier molecular flexibility index (Phi) is 6.83. The van der Waals surface area contributed by atoms with Crippen LogP contribution in [0, 0.1) is 12.7 Å². The molecular weight excluding hydrogens is 471 g/mol. The van der Waals surface area contributed by atoms with Crippen LogP contribution in [0.15, 0.2) is 30.6 Å². The number of rotatable bonds is 7. The van der Waals surface area contributed by atoms with Crippen LogP contribution < -0.4 is 5.32 Å². The van der Waals surface area contributed by atoms with Gasteiger partial charge in [-0.3, -0.25) is 4.79 Å². The van der Waals surface area contributed by atoms with E-state index >= 15 is 0 Å². The zero-order valence-corrected chi connectivity index (χ0v) is 20.9. The zero-order valence-electron chi connectivity index (χ0n) is 20.9. The third-order valence-electron chi connectivity index (χ3n) is 6.01. The number of hydrogen-bond donors (Lipinski definition) is 1. The van der Waals surface area contributed by atoms with Crippen LogP contribution in [0.5, 0.6) is 0 Å². The fourth-order valence-electron chi connectivity index (χ4n) is 4.48. The molecular formula is C25H28F3N7O. The van der Waals surface area contributed by atoms with Crippen molar-refractivity contribution in [3.8, 4) is 0 Å². The van der Waals surface area contributed by atoms with Crippen LogP contribution in [-0.2, 0) is 0 Å². The van der Waals surface area contributed by atoms with Crippen molar-refractivity contribution in [2.24, 2.45) is 0 Å². The van der Waals surface area contributed by atoms with E-state index in [9.17, 15) is 18.0 Å². The highest BCUT2D eigenvalue weighted by atomic mass is 19.3. The summed E-state index contributed by atoms with van der Waals surface area (Å²) in [7, 11) is 0. The third-order valence-corrected chi connectivity index (χ3v) is 6.01. The Morgan fingerprint density at radius 3 is 2.33 bits per heavy atom. The van der Waals surface area contributed by atoms with Crippen molar-refractivity contribution in [2.75, 3.05) is 5.32 Å². The highest BCUT2D eigenvalue weighted by Crippen LogP contribution is 2.31. The lowest BCUT2D eigenvalue weighted by atomic mass is 10.0. The number of hydrogen-bond acceptors (Lipinski definition) is 6. The number of carbonyl (C=O) groups excluding carboxylic acids is 1. The molecule has 0 bridgehead atoms. The summed E-state index contributed by atoms with van der Waals surface area (Å²) in [5, 5.41) is 7.87. The molecule has 190 valence electrons. The highest BCUT2D eigenvalue weighted by Gasteiger charge is 2.27. The lowest BCUT2D eigenvalue weighted by Crippen LogP contribution is -2.42. The Morgan fingerprint density at radius 2 is 1.69 bits per heavy atom. The van der Waals surface area contributed by atoms with Crippen molar-refractivity contribution in [1.29, 1.82) is 0 Å². The molecule has 0 saturated carbocycles. The van der Waals surface area contributed by atoms with Gasteiger partial charge in [-0.05, 0) is 47.6 Å². The molecule has 1 atom stereocenters. The van der Waals surface area contributed by atoms with Gasteiger partial charge in [-0.2, -0.15) is 9.61 Å². The van der Waals surface area contributed by atoms with E-state index in [1.807, 2.05) is 27.7 Å². The van der Waals surface area contributed by atoms with Crippen LogP contribution in [0.1, 0.15) is 74.4 Å². The van der Waals surface area contributed by atoms with Crippen LogP contribution in [0.3, 0.4) is 0 Å². The normalized spacial score (nSPS) is 12.8. The van der Waals surface area contributed by atoms with Gasteiger partial charge in [0, 0.05) is 17.6 Å². The van der Waals surface area contributed by atoms with Gasteiger partial charge in [0.1, 0.15) is 23.8 Å². The van der Waals surface area contributed by atoms with E-state index in [0.717, 1.165) is 6.07 Å². The quantitative estimate of drug-likeness (QED) is 0.362. The average Bonchev–Trinajstić information content (AvgIpc) is 3.28. The predicted octanol–water partition coefficient (Wildman–Crippen LogP) is 5.49. The number of fused-ring (bicyclic) bond motifs is 3. The number of aromatic nitrogens is 5. The minimum absolute atomic E-state index is 0.0619. The molecule has 0 unspecified atom stereocenters. The van der Waals surface area contributed by atoms with Crippen molar-refractivity contribution in [3.05, 3.63) is 58.9 Å². The number of benzene rings is 1. The second-order valence-corrected chi connectivity index (χ2v) is 9.23. The molecule has 4 rings (SSSR count). The summed E-state index contributed by atoms with van der Waals surface area (Å²) in [6.07, 6.45) is -1.59. The van der Waals surface area contributed by atoms with E-state index in [1.54, 1.807) is 24.8 Å². The zero-order chi connectivity index (χ0) is 26.3. The molecule has 1 N–H and O–H groups in total. The molecule has 0 aliphatic rings. The maximum atomic E-state index is 14.8. The molecule has 1 aromatic carbocycles. The Hall–Kier alpha value is -3.76. The Bertz CT molecular complexity index is 1430. The van der Waals surface area contributed by atoms with Gasteiger partial charge in [-0.25, -0.2) is 28.1 Å². The lowest BCUT2D eigenvalue weighted by Gasteiger charge is -2.31. The summed E-state index contributed by atoms with van der Waals surface area (Å²) in [6, 6.07) is 4.72. The summed E-state index contributed by atoms with van der Waals surface area (Å²) in [5.41, 5.74) is 0.484. The summed E-state index contributed by atoms with van der Waals surface area (Å²) in [4.78, 5) is 28.6. The summed E-state index contributed by atoms with van der Waals surface area (Å²) >= 11 is 0. The molecule has 3 aromatic heterocycles. The van der Waals surface area contributed by atoms with Crippen molar-refractivity contribution in [3.63, 3.8) is 0 Å². The van der Waals surface area contributed by atoms with Crippen LogP contribution in [-0.4, -0.2) is 47.5 Å². The topological polar surface area (TPSA) is 88.3 Å². The Morgan fingerprint density at radius 1 is 1.03 bits per heavy atom. The third kappa shape index (κ3) is 4.45. The number of anilines is 1. The van der Waals surface area contributed by atoms with Crippen LogP contribution >= 0.6 is 0 Å². The first kappa shape index (κ1) is 25.3. The molecule has 4 aromatic rings. The first-order valence-electron chi connectivity index (χ1n) is 11.7. The minimum Gasteiger partial charge on any atom is -0.363 e. The van der Waals surface area contributed by atoms with Gasteiger partial charge >= 0.3 is 0 Å². The van der Waals surface area contributed by atoms with Crippen LogP contribution in [0.2, 0.25) is 0 Å². The van der Waals surface area contributed by atoms with Gasteiger partial charge in [-0.1, -0.05) is 18.2 Å². The molecule has 0 saturated heterocycles. The van der Waals surface area contributed by atoms with E-state index in [2.05, 4.69) is 25.4 Å². The Labute approximate surface area is 206 Å². The number of nitrogens with zero attached hydrogens (tertiary/aromatic N) is 6. The summed E-state index contributed by atoms with van der Waals surface area (Å²) in [5.74, 6) is -0.475. The van der Waals surface area contributed by atoms with E-state index < -0.39 is 23.8 Å². The Balaban J connectivity index is 1.87. The van der Waals surface area contributed by atoms with Gasteiger partial charge < -0.3 is 10.2 Å². The van der Waals surface area contributed by atoms with Crippen molar-refractivity contribution >= 4 is 28.4 Å². The fraction of sp³-hybridized carbons (Fsp3) is 0.400. The molecule has 0 aliphatic heterocycles. The van der Waals surface area contributed by atoms with Crippen LogP contribution in [0.4, 0.5) is 19.0 Å². The first-order valence-corrected chi connectivity index (χ1v) is 11.7. The number of carbonyl (C=O) groups is 1. The second kappa shape index (κ2) is 9.71. The lowest BCUT2D eigenvalue weighted by molar-refractivity contribution is 0.0645. The first-order chi connectivity index (χ1) is 17.0. The summed E-state index contributed by atoms with van der Waals surface area (Å²) < 4.78 is 42.8. The largest absolute Gasteiger partial charge is 0.363 e. The molecule has 0 spiro atoms. The van der Waals surface area contributed by atoms with Gasteiger partial charge in [0.05, 0.1) is 22.6 Å². The number of alkyl halides is 2. The van der Waals surface area contributed by atoms with Gasteiger partial charge in [0.2, 0.25) is 0 Å². The maximum absolute atomic E-state index is 14.8. The van der Waals surface area contributed by atoms with Crippen LogP contribution in [0.25, 0.3) is 16.7 Å². The van der Waals surface area contributed by atoms with Crippen molar-refractivity contribution in [2.45, 2.75) is 66.1 Å². The predicted molar refractivity (Wildman–Crippen MR) is 131 cm³/mol. The monoisotopic (exact) mass is 499 g/mol. The smallest absolute Gasteiger partial charge is 0.266 e. The molecule has 0 aliphatic carbocycles. The second-order valence-electron chi connectivity index (χ2n) is 9.23. The molecule has 8 nitrogen and oxygen atoms in total. The maximum Gasteiger partial charge on any atom is 0.266 e. The summed E-state index contributed by atoms with van der Waals surface area (Å²) in [6.45, 7) is 11.1. The number of amides is 1. The molecule has 11 heteroatoms. The van der Waals surface area contributed by atoms with Gasteiger partial charge in [-0.15, -0.1) is 0 Å². The molecule has 3 heterocycles. The van der Waals surface area contributed by atoms with Gasteiger partial charge in [0.15, 0.2) is 11.3 Å². The average molecular weight is 500 g/mol. The van der Waals surface area contributed by atoms with E-state index in [0.29, 0.717) is 33.9 Å². The highest BCUT2D eigenvalue weighted by molar-refractivity contribution is 6.04. The number of halogens is 3. The molecule has 1 amide bonds. The molecule has 36 heavy (non-hydrogen) atoms. The van der Waals surface area contributed by atoms with Gasteiger partial charge in [0.25, 0.3) is 12.3 Å². The van der Waals surface area contributed by atoms with E-state index in [4.69, 9.17) is 0 Å². The minimum atomic E-state index is -2.93. The number of aryl methyl sites for hydroxylation is 1. The van der Waals surface area contributed by atoms with Crippen molar-refractivity contribution in [1.82, 2.24) is 29.5 Å². The van der Waals surface area contributed by atoms with E-state index in [-0.39, 0.29) is 23.6 Å². The molecule has 0 fully saturated rings.